The average molecular weight is 507 g/mol. The summed E-state index contributed by atoms with van der Waals surface area (Å²) >= 11 is 15.4. The number of amides is 1. The van der Waals surface area contributed by atoms with Crippen LogP contribution in [0.2, 0.25) is 10.0 Å². The Morgan fingerprint density at radius 3 is 2.37 bits per heavy atom. The lowest BCUT2D eigenvalue weighted by molar-refractivity contribution is -0.122. The number of carbonyl (C=O) groups is 1. The van der Waals surface area contributed by atoms with Crippen molar-refractivity contribution in [3.63, 3.8) is 0 Å². The minimum absolute atomic E-state index is 0.0434. The molecule has 0 radical (unpaired) electrons. The lowest BCUT2D eigenvalue weighted by Crippen LogP contribution is -2.42. The van der Waals surface area contributed by atoms with Crippen LogP contribution < -0.4 is 10.6 Å². The molecule has 3 aromatic carbocycles. The van der Waals surface area contributed by atoms with Crippen LogP contribution in [0, 0.1) is 5.41 Å². The lowest BCUT2D eigenvalue weighted by atomic mass is 10.0. The van der Waals surface area contributed by atoms with Gasteiger partial charge in [-0.2, -0.15) is 0 Å². The molecule has 0 saturated heterocycles. The van der Waals surface area contributed by atoms with E-state index in [1.54, 1.807) is 66.7 Å². The molecule has 0 aromatic heterocycles. The van der Waals surface area contributed by atoms with Gasteiger partial charge in [0.2, 0.25) is 5.91 Å². The first-order chi connectivity index (χ1) is 14.3. The smallest absolute Gasteiger partial charge is 0.247 e. The van der Waals surface area contributed by atoms with E-state index in [-0.39, 0.29) is 5.84 Å². The number of nitrogens with one attached hydrogen (secondary N) is 3. The molecule has 0 spiro atoms. The topological polar surface area (TPSA) is 85.2 Å². The van der Waals surface area contributed by atoms with Crippen molar-refractivity contribution in [1.29, 1.82) is 5.41 Å². The summed E-state index contributed by atoms with van der Waals surface area (Å²) in [5.41, 5.74) is 1.63. The van der Waals surface area contributed by atoms with Crippen molar-refractivity contribution in [2.45, 2.75) is 12.3 Å². The Kier molecular flexibility index (Phi) is 7.64. The van der Waals surface area contributed by atoms with Crippen LogP contribution in [-0.4, -0.2) is 16.8 Å². The SMILES string of the molecule is N=C(NC(=O)C(NC(O)c1ccc(Cl)c(Br)c1)c1cccc(Cl)c1)c1ccccc1. The monoisotopic (exact) mass is 505 g/mol. The second kappa shape index (κ2) is 10.2. The molecule has 3 rings (SSSR count). The fourth-order valence-electron chi connectivity index (χ4n) is 2.82. The van der Waals surface area contributed by atoms with Crippen molar-refractivity contribution < 1.29 is 9.90 Å². The summed E-state index contributed by atoms with van der Waals surface area (Å²) in [6.07, 6.45) is -1.17. The number of rotatable bonds is 6. The fraction of sp³-hybridized carbons (Fsp3) is 0.0909. The number of aliphatic hydroxyl groups is 1. The molecule has 3 aromatic rings. The molecule has 0 heterocycles. The molecule has 30 heavy (non-hydrogen) atoms. The minimum atomic E-state index is -1.17. The van der Waals surface area contributed by atoms with Gasteiger partial charge in [0.15, 0.2) is 0 Å². The van der Waals surface area contributed by atoms with Crippen LogP contribution in [-0.2, 0) is 4.79 Å². The first kappa shape index (κ1) is 22.5. The van der Waals surface area contributed by atoms with Gasteiger partial charge in [-0.25, -0.2) is 0 Å². The molecule has 0 aliphatic rings. The van der Waals surface area contributed by atoms with E-state index in [2.05, 4.69) is 26.6 Å². The molecular weight excluding hydrogens is 489 g/mol. The summed E-state index contributed by atoms with van der Waals surface area (Å²) in [5, 5.41) is 25.3. The molecule has 5 nitrogen and oxygen atoms in total. The van der Waals surface area contributed by atoms with E-state index in [9.17, 15) is 9.90 Å². The Hall–Kier alpha value is -2.22. The number of hydrogen-bond acceptors (Lipinski definition) is 4. The van der Waals surface area contributed by atoms with Gasteiger partial charge in [-0.15, -0.1) is 0 Å². The molecule has 2 atom stereocenters. The van der Waals surface area contributed by atoms with Crippen molar-refractivity contribution in [2.24, 2.45) is 0 Å². The van der Waals surface area contributed by atoms with Crippen LogP contribution >= 0.6 is 39.1 Å². The maximum Gasteiger partial charge on any atom is 0.247 e. The van der Waals surface area contributed by atoms with Gasteiger partial charge >= 0.3 is 0 Å². The second-order valence-corrected chi connectivity index (χ2v) is 8.16. The molecule has 0 aliphatic carbocycles. The summed E-state index contributed by atoms with van der Waals surface area (Å²) in [6.45, 7) is 0. The third kappa shape index (κ3) is 5.68. The van der Waals surface area contributed by atoms with Gasteiger partial charge in [-0.3, -0.25) is 15.5 Å². The molecule has 8 heteroatoms. The van der Waals surface area contributed by atoms with Crippen LogP contribution in [0.4, 0.5) is 0 Å². The summed E-state index contributed by atoms with van der Waals surface area (Å²) in [4.78, 5) is 13.0. The summed E-state index contributed by atoms with van der Waals surface area (Å²) in [7, 11) is 0. The van der Waals surface area contributed by atoms with Crippen LogP contribution in [0.3, 0.4) is 0 Å². The molecule has 2 unspecified atom stereocenters. The Labute approximate surface area is 192 Å². The van der Waals surface area contributed by atoms with Gasteiger partial charge in [0, 0.05) is 15.1 Å². The number of halogens is 3. The third-order valence-electron chi connectivity index (χ3n) is 4.34. The predicted molar refractivity (Wildman–Crippen MR) is 123 cm³/mol. The van der Waals surface area contributed by atoms with Gasteiger partial charge < -0.3 is 10.4 Å². The van der Waals surface area contributed by atoms with Crippen molar-refractivity contribution in [2.75, 3.05) is 0 Å². The van der Waals surface area contributed by atoms with Crippen LogP contribution in [0.1, 0.15) is 29.0 Å². The maximum absolute atomic E-state index is 13.0. The highest BCUT2D eigenvalue weighted by Gasteiger charge is 2.25. The van der Waals surface area contributed by atoms with Crippen molar-refractivity contribution in [3.8, 4) is 0 Å². The highest BCUT2D eigenvalue weighted by molar-refractivity contribution is 9.10. The Morgan fingerprint density at radius 1 is 0.967 bits per heavy atom. The zero-order chi connectivity index (χ0) is 21.7. The van der Waals surface area contributed by atoms with Gasteiger partial charge in [-0.1, -0.05) is 71.7 Å². The zero-order valence-electron chi connectivity index (χ0n) is 15.6. The Balaban J connectivity index is 1.85. The zero-order valence-corrected chi connectivity index (χ0v) is 18.7. The van der Waals surface area contributed by atoms with Crippen molar-refractivity contribution in [3.05, 3.63) is 104 Å². The number of hydrogen-bond donors (Lipinski definition) is 4. The first-order valence-electron chi connectivity index (χ1n) is 8.94. The molecule has 0 fully saturated rings. The molecule has 154 valence electrons. The minimum Gasteiger partial charge on any atom is -0.374 e. The van der Waals surface area contributed by atoms with E-state index in [1.165, 1.54) is 0 Å². The van der Waals surface area contributed by atoms with E-state index in [1.807, 2.05) is 6.07 Å². The first-order valence-corrected chi connectivity index (χ1v) is 10.5. The fourth-order valence-corrected chi connectivity index (χ4v) is 3.53. The normalized spacial score (nSPS) is 12.8. The predicted octanol–water partition coefficient (Wildman–Crippen LogP) is 5.22. The lowest BCUT2D eigenvalue weighted by Gasteiger charge is -2.23. The van der Waals surface area contributed by atoms with Gasteiger partial charge in [-0.05, 0) is 51.3 Å². The van der Waals surface area contributed by atoms with Crippen molar-refractivity contribution >= 4 is 50.9 Å². The third-order valence-corrected chi connectivity index (χ3v) is 5.79. The standard InChI is InChI=1S/C22H18BrCl2N3O2/c23-17-12-15(9-10-18(17)25)21(29)27-19(14-7-4-8-16(24)11-14)22(30)28-20(26)13-5-2-1-3-6-13/h1-12,19,21,27,29H,(H2,26,28,30). The summed E-state index contributed by atoms with van der Waals surface area (Å²) in [5.74, 6) is -0.545. The van der Waals surface area contributed by atoms with E-state index in [0.29, 0.717) is 31.2 Å². The molecular formula is C22H18BrCl2N3O2. The quantitative estimate of drug-likeness (QED) is 0.210. The van der Waals surface area contributed by atoms with E-state index < -0.39 is 18.2 Å². The molecule has 4 N–H and O–H groups in total. The highest BCUT2D eigenvalue weighted by atomic mass is 79.9. The van der Waals surface area contributed by atoms with E-state index in [0.717, 1.165) is 0 Å². The highest BCUT2D eigenvalue weighted by Crippen LogP contribution is 2.27. The van der Waals surface area contributed by atoms with Crippen molar-refractivity contribution in [1.82, 2.24) is 10.6 Å². The van der Waals surface area contributed by atoms with Gasteiger partial charge in [0.25, 0.3) is 0 Å². The molecule has 0 aliphatic heterocycles. The Bertz CT molecular complexity index is 1060. The molecule has 0 bridgehead atoms. The summed E-state index contributed by atoms with van der Waals surface area (Å²) < 4.78 is 0.622. The summed E-state index contributed by atoms with van der Waals surface area (Å²) in [6, 6.07) is 19.6. The number of benzene rings is 3. The molecule has 1 amide bonds. The second-order valence-electron chi connectivity index (χ2n) is 6.46. The average Bonchev–Trinajstić information content (AvgIpc) is 2.74. The largest absolute Gasteiger partial charge is 0.374 e. The van der Waals surface area contributed by atoms with E-state index in [4.69, 9.17) is 28.6 Å². The van der Waals surface area contributed by atoms with E-state index >= 15 is 0 Å². The Morgan fingerprint density at radius 2 is 1.70 bits per heavy atom. The van der Waals surface area contributed by atoms with Gasteiger partial charge in [0.1, 0.15) is 18.1 Å². The number of carbonyl (C=O) groups excluding carboxylic acids is 1. The van der Waals surface area contributed by atoms with Crippen LogP contribution in [0.5, 0.6) is 0 Å². The maximum atomic E-state index is 13.0. The van der Waals surface area contributed by atoms with Gasteiger partial charge in [0.05, 0.1) is 5.02 Å². The molecule has 0 saturated carbocycles. The van der Waals surface area contributed by atoms with Crippen LogP contribution in [0.15, 0.2) is 77.3 Å². The van der Waals surface area contributed by atoms with Crippen LogP contribution in [0.25, 0.3) is 0 Å². The number of amidine groups is 1. The number of aliphatic hydroxyl groups excluding tert-OH is 1.